The van der Waals surface area contributed by atoms with Gasteiger partial charge in [0.25, 0.3) is 0 Å². The van der Waals surface area contributed by atoms with Gasteiger partial charge in [-0.3, -0.25) is 14.5 Å². The summed E-state index contributed by atoms with van der Waals surface area (Å²) < 4.78 is 2.07. The molecule has 2 heterocycles. The molecule has 3 aromatic rings. The largest absolute Gasteiger partial charge is 0.354 e. The molecule has 1 aliphatic rings. The Hall–Kier alpha value is -2.95. The van der Waals surface area contributed by atoms with Crippen LogP contribution in [0.25, 0.3) is 11.3 Å². The first-order valence-electron chi connectivity index (χ1n) is 10.1. The van der Waals surface area contributed by atoms with E-state index in [1.54, 1.807) is 12.4 Å². The molecule has 1 N–H and O–H groups in total. The van der Waals surface area contributed by atoms with E-state index in [-0.39, 0.29) is 11.8 Å². The first kappa shape index (κ1) is 18.4. The summed E-state index contributed by atoms with van der Waals surface area (Å²) in [5, 5.41) is 7.91. The van der Waals surface area contributed by atoms with Gasteiger partial charge in [-0.1, -0.05) is 37.3 Å². The number of benzene rings is 1. The fraction of sp³-hybridized carbons (Fsp3) is 0.348. The average Bonchev–Trinajstić information content (AvgIpc) is 3.50. The van der Waals surface area contributed by atoms with Gasteiger partial charge in [0, 0.05) is 36.1 Å². The summed E-state index contributed by atoms with van der Waals surface area (Å²) in [5.41, 5.74) is 4.40. The SMILES string of the molecule is CCC(C(=O)NCCn1nc(-c2ccncc2)cc1C1CC1)c1ccccc1. The molecular weight excluding hydrogens is 348 g/mol. The van der Waals surface area contributed by atoms with Gasteiger partial charge in [0.05, 0.1) is 18.2 Å². The summed E-state index contributed by atoms with van der Waals surface area (Å²) in [6.45, 7) is 3.32. The second-order valence-corrected chi connectivity index (χ2v) is 7.35. The fourth-order valence-corrected chi connectivity index (χ4v) is 3.65. The van der Waals surface area contributed by atoms with Gasteiger partial charge in [-0.25, -0.2) is 0 Å². The van der Waals surface area contributed by atoms with Gasteiger partial charge in [0.1, 0.15) is 0 Å². The molecule has 0 saturated heterocycles. The number of rotatable bonds is 8. The summed E-state index contributed by atoms with van der Waals surface area (Å²) in [6.07, 6.45) is 6.82. The third-order valence-corrected chi connectivity index (χ3v) is 5.33. The minimum absolute atomic E-state index is 0.0863. The Morgan fingerprint density at radius 2 is 1.93 bits per heavy atom. The van der Waals surface area contributed by atoms with Gasteiger partial charge in [0.15, 0.2) is 0 Å². The standard InChI is InChI=1S/C23H26N4O/c1-2-20(17-6-4-3-5-7-17)23(28)25-14-15-27-22(19-8-9-19)16-21(26-27)18-10-12-24-13-11-18/h3-7,10-13,16,19-20H,2,8-9,14-15H2,1H3,(H,25,28). The summed E-state index contributed by atoms with van der Waals surface area (Å²) in [7, 11) is 0. The van der Waals surface area contributed by atoms with Crippen LogP contribution >= 0.6 is 0 Å². The summed E-state index contributed by atoms with van der Waals surface area (Å²) in [4.78, 5) is 16.8. The number of amides is 1. The van der Waals surface area contributed by atoms with Gasteiger partial charge in [-0.05, 0) is 43.0 Å². The second-order valence-electron chi connectivity index (χ2n) is 7.35. The van der Waals surface area contributed by atoms with Crippen molar-refractivity contribution in [2.75, 3.05) is 6.54 Å². The first-order valence-corrected chi connectivity index (χ1v) is 10.1. The summed E-state index contributed by atoms with van der Waals surface area (Å²) >= 11 is 0. The van der Waals surface area contributed by atoms with Crippen LogP contribution in [0.3, 0.4) is 0 Å². The molecule has 1 fully saturated rings. The molecule has 1 saturated carbocycles. The number of carbonyl (C=O) groups is 1. The van der Waals surface area contributed by atoms with E-state index in [2.05, 4.69) is 28.0 Å². The molecule has 0 aliphatic heterocycles. The van der Waals surface area contributed by atoms with Crippen molar-refractivity contribution in [1.82, 2.24) is 20.1 Å². The monoisotopic (exact) mass is 374 g/mol. The third-order valence-electron chi connectivity index (χ3n) is 5.33. The molecule has 0 spiro atoms. The van der Waals surface area contributed by atoms with Crippen LogP contribution in [-0.2, 0) is 11.3 Å². The van der Waals surface area contributed by atoms with Crippen molar-refractivity contribution in [1.29, 1.82) is 0 Å². The van der Waals surface area contributed by atoms with Gasteiger partial charge < -0.3 is 5.32 Å². The van der Waals surface area contributed by atoms with E-state index in [4.69, 9.17) is 5.10 Å². The second kappa shape index (κ2) is 8.38. The number of hydrogen-bond acceptors (Lipinski definition) is 3. The van der Waals surface area contributed by atoms with Crippen molar-refractivity contribution in [2.24, 2.45) is 0 Å². The van der Waals surface area contributed by atoms with E-state index in [0.29, 0.717) is 19.0 Å². The van der Waals surface area contributed by atoms with Gasteiger partial charge in [0.2, 0.25) is 5.91 Å². The van der Waals surface area contributed by atoms with Gasteiger partial charge in [-0.15, -0.1) is 0 Å². The van der Waals surface area contributed by atoms with Crippen LogP contribution in [0.4, 0.5) is 0 Å². The molecule has 0 radical (unpaired) electrons. The summed E-state index contributed by atoms with van der Waals surface area (Å²) in [5.74, 6) is 0.587. The van der Waals surface area contributed by atoms with E-state index >= 15 is 0 Å². The normalized spacial score (nSPS) is 14.6. The number of hydrogen-bond donors (Lipinski definition) is 1. The maximum absolute atomic E-state index is 12.7. The maximum Gasteiger partial charge on any atom is 0.227 e. The van der Waals surface area contributed by atoms with Gasteiger partial charge >= 0.3 is 0 Å². The molecule has 144 valence electrons. The molecule has 5 nitrogen and oxygen atoms in total. The zero-order valence-electron chi connectivity index (χ0n) is 16.2. The predicted octanol–water partition coefficient (Wildman–Crippen LogP) is 4.13. The van der Waals surface area contributed by atoms with E-state index in [1.807, 2.05) is 42.5 Å². The van der Waals surface area contributed by atoms with Crippen molar-refractivity contribution in [2.45, 2.75) is 44.6 Å². The maximum atomic E-state index is 12.7. The van der Waals surface area contributed by atoms with Crippen LogP contribution in [0.15, 0.2) is 60.9 Å². The summed E-state index contributed by atoms with van der Waals surface area (Å²) in [6, 6.07) is 16.1. The lowest BCUT2D eigenvalue weighted by Crippen LogP contribution is -2.32. The Morgan fingerprint density at radius 3 is 2.61 bits per heavy atom. The fourth-order valence-electron chi connectivity index (χ4n) is 3.65. The van der Waals surface area contributed by atoms with E-state index in [9.17, 15) is 4.79 Å². The Morgan fingerprint density at radius 1 is 1.18 bits per heavy atom. The molecule has 1 amide bonds. The highest BCUT2D eigenvalue weighted by molar-refractivity contribution is 5.83. The lowest BCUT2D eigenvalue weighted by molar-refractivity contribution is -0.122. The van der Waals surface area contributed by atoms with Crippen LogP contribution in [-0.4, -0.2) is 27.2 Å². The number of nitrogens with zero attached hydrogens (tertiary/aromatic N) is 3. The highest BCUT2D eigenvalue weighted by atomic mass is 16.1. The van der Waals surface area contributed by atoms with Crippen molar-refractivity contribution < 1.29 is 4.79 Å². The molecule has 28 heavy (non-hydrogen) atoms. The van der Waals surface area contributed by atoms with Crippen molar-refractivity contribution in [3.05, 3.63) is 72.2 Å². The first-order chi connectivity index (χ1) is 13.8. The quantitative estimate of drug-likeness (QED) is 0.645. The highest BCUT2D eigenvalue weighted by Gasteiger charge is 2.28. The average molecular weight is 374 g/mol. The molecule has 1 atom stereocenters. The van der Waals surface area contributed by atoms with Crippen molar-refractivity contribution in [3.8, 4) is 11.3 Å². The minimum atomic E-state index is -0.103. The lowest BCUT2D eigenvalue weighted by atomic mass is 9.96. The van der Waals surface area contributed by atoms with E-state index in [0.717, 1.165) is 23.2 Å². The zero-order chi connectivity index (χ0) is 19.3. The van der Waals surface area contributed by atoms with E-state index < -0.39 is 0 Å². The van der Waals surface area contributed by atoms with Crippen LogP contribution in [0, 0.1) is 0 Å². The minimum Gasteiger partial charge on any atom is -0.354 e. The van der Waals surface area contributed by atoms with Crippen LogP contribution < -0.4 is 5.32 Å². The van der Waals surface area contributed by atoms with Crippen molar-refractivity contribution >= 4 is 5.91 Å². The van der Waals surface area contributed by atoms with Crippen LogP contribution in [0.1, 0.15) is 49.3 Å². The number of aromatic nitrogens is 3. The number of carbonyl (C=O) groups excluding carboxylic acids is 1. The molecule has 4 rings (SSSR count). The molecule has 1 aliphatic carbocycles. The lowest BCUT2D eigenvalue weighted by Gasteiger charge is -2.16. The predicted molar refractivity (Wildman–Crippen MR) is 110 cm³/mol. The number of pyridine rings is 1. The van der Waals surface area contributed by atoms with Crippen molar-refractivity contribution in [3.63, 3.8) is 0 Å². The Kier molecular flexibility index (Phi) is 5.51. The van der Waals surface area contributed by atoms with Crippen LogP contribution in [0.2, 0.25) is 0 Å². The molecule has 1 unspecified atom stereocenters. The highest BCUT2D eigenvalue weighted by Crippen LogP contribution is 2.41. The molecule has 2 aromatic heterocycles. The molecular formula is C23H26N4O. The topological polar surface area (TPSA) is 59.8 Å². The third kappa shape index (κ3) is 4.14. The van der Waals surface area contributed by atoms with Gasteiger partial charge in [-0.2, -0.15) is 5.10 Å². The Labute approximate surface area is 165 Å². The Bertz CT molecular complexity index is 916. The van der Waals surface area contributed by atoms with Crippen LogP contribution in [0.5, 0.6) is 0 Å². The zero-order valence-corrected chi connectivity index (χ0v) is 16.2. The Balaban J connectivity index is 1.42. The molecule has 0 bridgehead atoms. The smallest absolute Gasteiger partial charge is 0.227 e. The molecule has 5 heteroatoms. The van der Waals surface area contributed by atoms with E-state index in [1.165, 1.54) is 18.5 Å². The number of nitrogens with one attached hydrogen (secondary N) is 1. The molecule has 1 aromatic carbocycles.